The number of rotatable bonds is 2. The fourth-order valence-corrected chi connectivity index (χ4v) is 5.09. The molecule has 2 heterocycles. The first kappa shape index (κ1) is 19.7. The van der Waals surface area contributed by atoms with E-state index < -0.39 is 5.60 Å². The van der Waals surface area contributed by atoms with E-state index in [-0.39, 0.29) is 12.1 Å². The maximum absolute atomic E-state index is 13.1. The van der Waals surface area contributed by atoms with E-state index in [2.05, 4.69) is 40.2 Å². The summed E-state index contributed by atoms with van der Waals surface area (Å²) in [6.45, 7) is 5.82. The number of ether oxygens (including phenoxy) is 1. The number of allylic oxidation sites excluding steroid dienone is 1. The number of benzene rings is 1. The number of carbonyl (C=O) groups excluding carboxylic acids is 1. The normalized spacial score (nSPS) is 27.3. The Morgan fingerprint density at radius 2 is 1.89 bits per heavy atom. The Morgan fingerprint density at radius 3 is 2.61 bits per heavy atom. The maximum atomic E-state index is 13.1. The molecule has 0 radical (unpaired) electrons. The average Bonchev–Trinajstić information content (AvgIpc) is 3.25. The van der Waals surface area contributed by atoms with E-state index in [1.165, 1.54) is 30.4 Å². The van der Waals surface area contributed by atoms with Crippen molar-refractivity contribution < 1.29 is 9.53 Å². The smallest absolute Gasteiger partial charge is 0.411 e. The number of nitrogens with zero attached hydrogens (tertiary/aromatic N) is 2. The molecule has 2 fully saturated rings. The van der Waals surface area contributed by atoms with Gasteiger partial charge in [0.05, 0.1) is 6.04 Å². The molecule has 150 valence electrons. The molecule has 2 aliphatic heterocycles. The van der Waals surface area contributed by atoms with Crippen LogP contribution >= 0.6 is 15.9 Å². The molecule has 0 aromatic heterocycles. The van der Waals surface area contributed by atoms with Crippen LogP contribution in [0.3, 0.4) is 0 Å². The molecule has 4 rings (SSSR count). The summed E-state index contributed by atoms with van der Waals surface area (Å²) in [5.41, 5.74) is 3.05. The Kier molecular flexibility index (Phi) is 5.38. The highest BCUT2D eigenvalue weighted by molar-refractivity contribution is 9.10. The van der Waals surface area contributed by atoms with Crippen molar-refractivity contribution in [1.82, 2.24) is 4.90 Å². The highest BCUT2D eigenvalue weighted by atomic mass is 79.9. The molecule has 1 saturated heterocycles. The van der Waals surface area contributed by atoms with Crippen molar-refractivity contribution in [3.8, 4) is 0 Å². The average molecular weight is 445 g/mol. The summed E-state index contributed by atoms with van der Waals surface area (Å²) in [4.78, 5) is 19.9. The van der Waals surface area contributed by atoms with Gasteiger partial charge in [0, 0.05) is 28.8 Å². The van der Waals surface area contributed by atoms with Gasteiger partial charge in [-0.25, -0.2) is 4.79 Å². The summed E-state index contributed by atoms with van der Waals surface area (Å²) < 4.78 is 6.87. The Labute approximate surface area is 176 Å². The minimum Gasteiger partial charge on any atom is -0.444 e. The molecule has 1 saturated carbocycles. The van der Waals surface area contributed by atoms with Crippen LogP contribution < -0.4 is 0 Å². The Morgan fingerprint density at radius 1 is 1.18 bits per heavy atom. The van der Waals surface area contributed by atoms with Gasteiger partial charge in [-0.15, -0.1) is 0 Å². The zero-order valence-electron chi connectivity index (χ0n) is 17.0. The molecule has 5 heteroatoms. The van der Waals surface area contributed by atoms with Gasteiger partial charge in [-0.2, -0.15) is 0 Å². The first-order chi connectivity index (χ1) is 13.3. The van der Waals surface area contributed by atoms with Gasteiger partial charge in [0.25, 0.3) is 0 Å². The molecule has 0 bridgehead atoms. The minimum absolute atomic E-state index is 0.0622. The first-order valence-electron chi connectivity index (χ1n) is 10.3. The standard InChI is InChI=1S/C23H29BrN2O2/c1-23(2,3)28-22(27)26-20-7-5-4-6-16(20)13-21(26)19-12-17(14-25-19)15-8-10-18(24)11-9-15/h8-11,14,16,20-21H,4-7,12-13H2,1-3H3. The summed E-state index contributed by atoms with van der Waals surface area (Å²) >= 11 is 3.50. The molecule has 1 aliphatic carbocycles. The third kappa shape index (κ3) is 4.05. The van der Waals surface area contributed by atoms with E-state index in [0.29, 0.717) is 12.0 Å². The molecule has 28 heavy (non-hydrogen) atoms. The number of halogens is 1. The van der Waals surface area contributed by atoms with E-state index >= 15 is 0 Å². The van der Waals surface area contributed by atoms with Gasteiger partial charge in [0.2, 0.25) is 0 Å². The zero-order valence-corrected chi connectivity index (χ0v) is 18.5. The van der Waals surface area contributed by atoms with Crippen molar-refractivity contribution >= 4 is 33.3 Å². The molecule has 3 unspecified atom stereocenters. The number of hydrogen-bond donors (Lipinski definition) is 0. The van der Waals surface area contributed by atoms with Crippen LogP contribution in [0.4, 0.5) is 4.79 Å². The fraction of sp³-hybridized carbons (Fsp3) is 0.565. The number of fused-ring (bicyclic) bond motifs is 1. The van der Waals surface area contributed by atoms with Crippen LogP contribution in [-0.2, 0) is 4.74 Å². The summed E-state index contributed by atoms with van der Waals surface area (Å²) in [6.07, 6.45) is 8.39. The molecule has 3 aliphatic rings. The second-order valence-corrected chi connectivity index (χ2v) is 10.1. The van der Waals surface area contributed by atoms with Crippen molar-refractivity contribution in [3.63, 3.8) is 0 Å². The molecule has 3 atom stereocenters. The van der Waals surface area contributed by atoms with Crippen LogP contribution in [0.5, 0.6) is 0 Å². The van der Waals surface area contributed by atoms with Crippen molar-refractivity contribution in [2.24, 2.45) is 10.9 Å². The predicted octanol–water partition coefficient (Wildman–Crippen LogP) is 6.20. The third-order valence-electron chi connectivity index (χ3n) is 6.05. The van der Waals surface area contributed by atoms with Crippen molar-refractivity contribution in [1.29, 1.82) is 0 Å². The Hall–Kier alpha value is -1.62. The number of aliphatic imine (C=N–C) groups is 1. The van der Waals surface area contributed by atoms with Gasteiger partial charge in [-0.3, -0.25) is 9.89 Å². The molecule has 0 spiro atoms. The van der Waals surface area contributed by atoms with Crippen LogP contribution in [0.15, 0.2) is 39.9 Å². The summed E-state index contributed by atoms with van der Waals surface area (Å²) in [6, 6.07) is 8.72. The van der Waals surface area contributed by atoms with Crippen molar-refractivity contribution in [2.45, 2.75) is 77.0 Å². The number of amides is 1. The maximum Gasteiger partial charge on any atom is 0.411 e. The van der Waals surface area contributed by atoms with Gasteiger partial charge in [0.15, 0.2) is 0 Å². The van der Waals surface area contributed by atoms with Gasteiger partial charge in [-0.1, -0.05) is 40.9 Å². The number of hydrogen-bond acceptors (Lipinski definition) is 3. The molecule has 1 aromatic carbocycles. The molecule has 1 amide bonds. The highest BCUT2D eigenvalue weighted by Crippen LogP contribution is 2.42. The van der Waals surface area contributed by atoms with E-state index in [9.17, 15) is 4.79 Å². The number of likely N-dealkylation sites (tertiary alicyclic amines) is 1. The van der Waals surface area contributed by atoms with Gasteiger partial charge in [-0.05, 0) is 69.2 Å². The molecular formula is C23H29BrN2O2. The summed E-state index contributed by atoms with van der Waals surface area (Å²) in [5, 5.41) is 0. The molecule has 4 nitrogen and oxygen atoms in total. The van der Waals surface area contributed by atoms with E-state index in [4.69, 9.17) is 9.73 Å². The summed E-state index contributed by atoms with van der Waals surface area (Å²) in [5.74, 6) is 0.575. The van der Waals surface area contributed by atoms with Gasteiger partial charge in [0.1, 0.15) is 5.60 Å². The lowest BCUT2D eigenvalue weighted by Crippen LogP contribution is -2.48. The van der Waals surface area contributed by atoms with E-state index in [0.717, 1.165) is 29.4 Å². The quantitative estimate of drug-likeness (QED) is 0.544. The Bertz CT molecular complexity index is 807. The third-order valence-corrected chi connectivity index (χ3v) is 6.58. The monoisotopic (exact) mass is 444 g/mol. The van der Waals surface area contributed by atoms with Crippen molar-refractivity contribution in [3.05, 3.63) is 40.5 Å². The molecular weight excluding hydrogens is 416 g/mol. The van der Waals surface area contributed by atoms with E-state index in [1.807, 2.05) is 31.9 Å². The van der Waals surface area contributed by atoms with Crippen LogP contribution in [0.1, 0.15) is 64.9 Å². The molecule has 0 N–H and O–H groups in total. The largest absolute Gasteiger partial charge is 0.444 e. The SMILES string of the molecule is CC(C)(C)OC(=O)N1C(C2=NC=C(c3ccc(Br)cc3)C2)CC2CCCCC21. The van der Waals surface area contributed by atoms with Crippen LogP contribution in [0.25, 0.3) is 5.57 Å². The van der Waals surface area contributed by atoms with Crippen LogP contribution in [0, 0.1) is 5.92 Å². The highest BCUT2D eigenvalue weighted by Gasteiger charge is 2.48. The minimum atomic E-state index is -0.479. The lowest BCUT2D eigenvalue weighted by Gasteiger charge is -2.35. The predicted molar refractivity (Wildman–Crippen MR) is 116 cm³/mol. The topological polar surface area (TPSA) is 41.9 Å². The molecule has 1 aromatic rings. The fourth-order valence-electron chi connectivity index (χ4n) is 4.83. The van der Waals surface area contributed by atoms with Crippen LogP contribution in [0.2, 0.25) is 0 Å². The summed E-state index contributed by atoms with van der Waals surface area (Å²) in [7, 11) is 0. The first-order valence-corrected chi connectivity index (χ1v) is 11.1. The Balaban J connectivity index is 1.53. The number of carbonyl (C=O) groups is 1. The second kappa shape index (κ2) is 7.66. The van der Waals surface area contributed by atoms with Crippen molar-refractivity contribution in [2.75, 3.05) is 0 Å². The van der Waals surface area contributed by atoms with Gasteiger partial charge < -0.3 is 4.74 Å². The lowest BCUT2D eigenvalue weighted by atomic mass is 9.84. The zero-order chi connectivity index (χ0) is 19.9. The second-order valence-electron chi connectivity index (χ2n) is 9.21. The van der Waals surface area contributed by atoms with Gasteiger partial charge >= 0.3 is 6.09 Å². The van der Waals surface area contributed by atoms with Crippen LogP contribution in [-0.4, -0.2) is 34.4 Å². The lowest BCUT2D eigenvalue weighted by molar-refractivity contribution is 0.0148. The van der Waals surface area contributed by atoms with E-state index in [1.54, 1.807) is 0 Å².